The van der Waals surface area contributed by atoms with Crippen molar-refractivity contribution in [3.05, 3.63) is 52.7 Å². The van der Waals surface area contributed by atoms with E-state index < -0.39 is 0 Å². The zero-order valence-electron chi connectivity index (χ0n) is 13.3. The molecule has 1 unspecified atom stereocenters. The highest BCUT2D eigenvalue weighted by molar-refractivity contribution is 5.87. The van der Waals surface area contributed by atoms with Crippen molar-refractivity contribution < 1.29 is 0 Å². The van der Waals surface area contributed by atoms with Gasteiger partial charge < -0.3 is 4.90 Å². The lowest BCUT2D eigenvalue weighted by molar-refractivity contribution is 0.614. The van der Waals surface area contributed by atoms with E-state index in [1.54, 1.807) is 0 Å². The summed E-state index contributed by atoms with van der Waals surface area (Å²) in [5.41, 5.74) is 5.87. The van der Waals surface area contributed by atoms with Crippen molar-refractivity contribution in [2.45, 2.75) is 33.2 Å². The van der Waals surface area contributed by atoms with Crippen LogP contribution in [0.15, 0.2) is 35.5 Å². The summed E-state index contributed by atoms with van der Waals surface area (Å²) in [5.74, 6) is 0.932. The van der Waals surface area contributed by atoms with Crippen LogP contribution in [0.1, 0.15) is 29.2 Å². The number of hydrogen-bond acceptors (Lipinski definition) is 3. The fourth-order valence-electron chi connectivity index (χ4n) is 3.07. The van der Waals surface area contributed by atoms with Crippen molar-refractivity contribution in [3.63, 3.8) is 0 Å². The van der Waals surface area contributed by atoms with Gasteiger partial charge in [-0.2, -0.15) is 0 Å². The van der Waals surface area contributed by atoms with E-state index in [9.17, 15) is 0 Å². The Morgan fingerprint density at radius 3 is 2.67 bits per heavy atom. The molecular formula is C18H21N3. The molecule has 1 aromatic carbocycles. The van der Waals surface area contributed by atoms with Gasteiger partial charge in [0.2, 0.25) is 0 Å². The molecule has 2 aromatic rings. The monoisotopic (exact) mass is 279 g/mol. The van der Waals surface area contributed by atoms with Crippen molar-refractivity contribution in [1.29, 1.82) is 0 Å². The van der Waals surface area contributed by atoms with Gasteiger partial charge in [-0.05, 0) is 56.5 Å². The van der Waals surface area contributed by atoms with E-state index in [1.165, 1.54) is 22.3 Å². The largest absolute Gasteiger partial charge is 0.343 e. The smallest absolute Gasteiger partial charge is 0.155 e. The van der Waals surface area contributed by atoms with Crippen LogP contribution in [0, 0.1) is 20.8 Å². The van der Waals surface area contributed by atoms with Crippen molar-refractivity contribution >= 4 is 17.7 Å². The number of aryl methyl sites for hydroxylation is 2. The number of hydrogen-bond donors (Lipinski definition) is 0. The highest BCUT2D eigenvalue weighted by Crippen LogP contribution is 2.40. The van der Waals surface area contributed by atoms with Gasteiger partial charge in [0.25, 0.3) is 0 Å². The maximum absolute atomic E-state index is 4.64. The van der Waals surface area contributed by atoms with E-state index in [4.69, 9.17) is 0 Å². The van der Waals surface area contributed by atoms with Gasteiger partial charge in [0.05, 0.1) is 5.54 Å². The van der Waals surface area contributed by atoms with Crippen LogP contribution in [-0.2, 0) is 5.54 Å². The van der Waals surface area contributed by atoms with E-state index in [0.717, 1.165) is 11.5 Å². The van der Waals surface area contributed by atoms with Gasteiger partial charge >= 0.3 is 0 Å². The van der Waals surface area contributed by atoms with E-state index in [1.807, 2.05) is 24.5 Å². The van der Waals surface area contributed by atoms with Gasteiger partial charge in [0, 0.05) is 19.5 Å². The summed E-state index contributed by atoms with van der Waals surface area (Å²) in [6.45, 7) is 8.70. The summed E-state index contributed by atoms with van der Waals surface area (Å²) < 4.78 is 0. The van der Waals surface area contributed by atoms with Gasteiger partial charge in [-0.1, -0.05) is 17.7 Å². The molecule has 0 saturated heterocycles. The molecule has 21 heavy (non-hydrogen) atoms. The molecule has 0 fully saturated rings. The van der Waals surface area contributed by atoms with Gasteiger partial charge in [-0.15, -0.1) is 0 Å². The highest BCUT2D eigenvalue weighted by Gasteiger charge is 2.36. The first-order valence-corrected chi connectivity index (χ1v) is 7.26. The molecule has 1 aliphatic rings. The third-order valence-corrected chi connectivity index (χ3v) is 4.59. The number of pyridine rings is 1. The topological polar surface area (TPSA) is 28.5 Å². The average molecular weight is 279 g/mol. The predicted octanol–water partition coefficient (Wildman–Crippen LogP) is 4.07. The number of aromatic nitrogens is 1. The Balaban J connectivity index is 2.20. The Morgan fingerprint density at radius 1 is 1.14 bits per heavy atom. The molecule has 108 valence electrons. The van der Waals surface area contributed by atoms with Gasteiger partial charge in [0.1, 0.15) is 5.69 Å². The first-order chi connectivity index (χ1) is 9.93. The summed E-state index contributed by atoms with van der Waals surface area (Å²) in [5, 5.41) is 0. The van der Waals surface area contributed by atoms with E-state index >= 15 is 0 Å². The molecule has 0 radical (unpaired) electrons. The number of anilines is 1. The molecule has 3 rings (SSSR count). The molecule has 1 atom stereocenters. The van der Waals surface area contributed by atoms with Crippen LogP contribution in [0.25, 0.3) is 0 Å². The molecule has 0 N–H and O–H groups in total. The minimum absolute atomic E-state index is 0.276. The van der Waals surface area contributed by atoms with Crippen LogP contribution in [0.4, 0.5) is 11.5 Å². The first kappa shape index (κ1) is 13.8. The van der Waals surface area contributed by atoms with E-state index in [-0.39, 0.29) is 5.54 Å². The number of fused-ring (bicyclic) bond motifs is 1. The number of benzene rings is 1. The molecule has 0 aliphatic carbocycles. The highest BCUT2D eigenvalue weighted by atomic mass is 15.3. The molecule has 2 heterocycles. The second-order valence-electron chi connectivity index (χ2n) is 6.07. The summed E-state index contributed by atoms with van der Waals surface area (Å²) in [6, 6.07) is 8.42. The minimum Gasteiger partial charge on any atom is -0.343 e. The molecule has 0 amide bonds. The molecule has 1 aliphatic heterocycles. The predicted molar refractivity (Wildman–Crippen MR) is 88.8 cm³/mol. The Hall–Kier alpha value is -2.16. The molecule has 0 bridgehead atoms. The maximum atomic E-state index is 4.64. The van der Waals surface area contributed by atoms with Crippen LogP contribution in [0.3, 0.4) is 0 Å². The Bertz CT molecular complexity index is 733. The fourth-order valence-corrected chi connectivity index (χ4v) is 3.07. The van der Waals surface area contributed by atoms with Crippen molar-refractivity contribution in [2.24, 2.45) is 4.99 Å². The Kier molecular flexibility index (Phi) is 3.08. The van der Waals surface area contributed by atoms with E-state index in [0.29, 0.717) is 0 Å². The molecule has 0 saturated carbocycles. The van der Waals surface area contributed by atoms with E-state index in [2.05, 4.69) is 61.8 Å². The maximum Gasteiger partial charge on any atom is 0.155 e. The fraction of sp³-hybridized carbons (Fsp3) is 0.333. The summed E-state index contributed by atoms with van der Waals surface area (Å²) in [7, 11) is 2.09. The summed E-state index contributed by atoms with van der Waals surface area (Å²) in [4.78, 5) is 11.4. The summed E-state index contributed by atoms with van der Waals surface area (Å²) >= 11 is 0. The van der Waals surface area contributed by atoms with Gasteiger partial charge in [-0.25, -0.2) is 4.98 Å². The van der Waals surface area contributed by atoms with Crippen LogP contribution in [0.2, 0.25) is 0 Å². The van der Waals surface area contributed by atoms with Crippen molar-refractivity contribution in [1.82, 2.24) is 4.98 Å². The standard InChI is InChI=1S/C18H21N3/c1-12-9-13(2)14(3)15(10-12)18(4)11-20-16-7-6-8-19-17(16)21(18)5/h6-11H,1-5H3. The molecular weight excluding hydrogens is 258 g/mol. The second-order valence-corrected chi connectivity index (χ2v) is 6.07. The molecule has 3 nitrogen and oxygen atoms in total. The zero-order chi connectivity index (χ0) is 15.2. The SMILES string of the molecule is Cc1cc(C)c(C)c(C2(C)C=Nc3cccnc3N2C)c1. The lowest BCUT2D eigenvalue weighted by Crippen LogP contribution is -2.45. The number of nitrogens with zero attached hydrogens (tertiary/aromatic N) is 3. The molecule has 1 aromatic heterocycles. The van der Waals surface area contributed by atoms with Crippen LogP contribution in [-0.4, -0.2) is 18.2 Å². The molecule has 0 spiro atoms. The number of rotatable bonds is 1. The number of aliphatic imine (C=N–C) groups is 1. The third kappa shape index (κ3) is 2.04. The van der Waals surface area contributed by atoms with Crippen LogP contribution < -0.4 is 4.90 Å². The third-order valence-electron chi connectivity index (χ3n) is 4.59. The Labute approximate surface area is 126 Å². The Morgan fingerprint density at radius 2 is 1.90 bits per heavy atom. The normalized spacial score (nSPS) is 20.5. The van der Waals surface area contributed by atoms with Gasteiger partial charge in [-0.3, -0.25) is 4.99 Å². The quantitative estimate of drug-likeness (QED) is 0.787. The van der Waals surface area contributed by atoms with Crippen LogP contribution in [0.5, 0.6) is 0 Å². The van der Waals surface area contributed by atoms with Gasteiger partial charge in [0.15, 0.2) is 5.82 Å². The van der Waals surface area contributed by atoms with Crippen LogP contribution >= 0.6 is 0 Å². The first-order valence-electron chi connectivity index (χ1n) is 7.26. The molecule has 3 heteroatoms. The lowest BCUT2D eigenvalue weighted by Gasteiger charge is -2.41. The lowest BCUT2D eigenvalue weighted by atomic mass is 9.84. The second kappa shape index (κ2) is 4.69. The zero-order valence-corrected chi connectivity index (χ0v) is 13.3. The summed E-state index contributed by atoms with van der Waals surface area (Å²) in [6.07, 6.45) is 3.86. The van der Waals surface area contributed by atoms with Crippen molar-refractivity contribution in [3.8, 4) is 0 Å². The van der Waals surface area contributed by atoms with Crippen molar-refractivity contribution in [2.75, 3.05) is 11.9 Å². The average Bonchev–Trinajstić information content (AvgIpc) is 2.47. The minimum atomic E-state index is -0.276.